The molecule has 0 saturated carbocycles. The fourth-order valence-electron chi connectivity index (χ4n) is 0.0703. The quantitative estimate of drug-likeness (QED) is 0.458. The molecule has 0 aliphatic heterocycles. The van der Waals surface area contributed by atoms with Crippen LogP contribution in [0.1, 0.15) is 0 Å². The molecule has 0 amide bonds. The summed E-state index contributed by atoms with van der Waals surface area (Å²) in [5.41, 5.74) is 4.67. The van der Waals surface area contributed by atoms with E-state index in [1.165, 1.54) is 0 Å². The van der Waals surface area contributed by atoms with Crippen molar-refractivity contribution in [2.75, 3.05) is 0 Å². The Morgan fingerprint density at radius 3 is 2.33 bits per heavy atom. The maximum Gasteiger partial charge on any atom is 0.342 e. The normalized spacial score (nSPS) is 12.5. The Balaban J connectivity index is 3.30. The van der Waals surface area contributed by atoms with Crippen molar-refractivity contribution in [1.29, 1.82) is 0 Å². The van der Waals surface area contributed by atoms with Gasteiger partial charge in [-0.05, 0) is 0 Å². The predicted molar refractivity (Wildman–Crippen MR) is 20.9 cm³/mol. The highest BCUT2D eigenvalue weighted by atomic mass is 31.1. The van der Waals surface area contributed by atoms with Crippen LogP contribution in [0, 0.1) is 0 Å². The second-order valence-electron chi connectivity index (χ2n) is 0.627. The molecular formula is C2H4NO2P. The minimum Gasteiger partial charge on any atom is -0.591 e. The highest BCUT2D eigenvalue weighted by molar-refractivity contribution is 7.40. The minimum atomic E-state index is -2.41. The molecule has 0 spiro atoms. The number of hydrogen-bond acceptors (Lipinski definition) is 3. The summed E-state index contributed by atoms with van der Waals surface area (Å²) in [6, 6.07) is 0. The van der Waals surface area contributed by atoms with Crippen molar-refractivity contribution in [2.45, 2.75) is 0 Å². The molecule has 0 saturated heterocycles. The molecule has 0 rings (SSSR count). The van der Waals surface area contributed by atoms with Crippen LogP contribution in [0.15, 0.2) is 12.0 Å². The van der Waals surface area contributed by atoms with Gasteiger partial charge in [-0.2, -0.15) is 0 Å². The van der Waals surface area contributed by atoms with Crippen molar-refractivity contribution in [3.8, 4) is 0 Å². The summed E-state index contributed by atoms with van der Waals surface area (Å²) in [5, 5.41) is 0. The van der Waals surface area contributed by atoms with Gasteiger partial charge >= 0.3 is 8.03 Å². The smallest absolute Gasteiger partial charge is 0.342 e. The van der Waals surface area contributed by atoms with Crippen LogP contribution in [0.25, 0.3) is 0 Å². The van der Waals surface area contributed by atoms with Crippen LogP contribution in [-0.2, 0) is 4.57 Å². The van der Waals surface area contributed by atoms with Crippen molar-refractivity contribution in [3.05, 3.63) is 12.0 Å². The molecule has 34 valence electrons. The van der Waals surface area contributed by atoms with E-state index in [1.807, 2.05) is 0 Å². The summed E-state index contributed by atoms with van der Waals surface area (Å²) in [5.74, 6) is 0.898. The van der Waals surface area contributed by atoms with Crippen molar-refractivity contribution in [2.24, 2.45) is 5.73 Å². The molecule has 0 aromatic carbocycles. The molecule has 1 unspecified atom stereocenters. The highest BCUT2D eigenvalue weighted by Crippen LogP contribution is 2.04. The summed E-state index contributed by atoms with van der Waals surface area (Å²) in [6.07, 6.45) is 0.978. The summed E-state index contributed by atoms with van der Waals surface area (Å²) in [4.78, 5) is 9.47. The largest absolute Gasteiger partial charge is 0.591 e. The first-order chi connectivity index (χ1) is 2.77. The van der Waals surface area contributed by atoms with Crippen molar-refractivity contribution < 1.29 is 9.46 Å². The molecule has 0 fully saturated rings. The van der Waals surface area contributed by atoms with Gasteiger partial charge in [-0.3, -0.25) is 0 Å². The number of nitrogens with two attached hydrogens (primary N) is 1. The maximum absolute atomic E-state index is 9.47. The van der Waals surface area contributed by atoms with E-state index in [-0.39, 0.29) is 0 Å². The molecule has 1 atom stereocenters. The molecule has 2 N–H and O–H groups in total. The summed E-state index contributed by atoms with van der Waals surface area (Å²) in [7, 11) is -2.41. The lowest BCUT2D eigenvalue weighted by Crippen LogP contribution is -1.81. The van der Waals surface area contributed by atoms with Gasteiger partial charge in [-0.25, -0.2) is 0 Å². The van der Waals surface area contributed by atoms with Crippen LogP contribution in [-0.4, -0.2) is 0 Å². The van der Waals surface area contributed by atoms with Crippen molar-refractivity contribution >= 4 is 8.03 Å². The zero-order valence-electron chi connectivity index (χ0n) is 3.00. The summed E-state index contributed by atoms with van der Waals surface area (Å²) in [6.45, 7) is 0. The molecule has 4 heteroatoms. The molecule has 0 aliphatic carbocycles. The maximum atomic E-state index is 9.47. The topological polar surface area (TPSA) is 66.2 Å². The lowest BCUT2D eigenvalue weighted by Gasteiger charge is -1.67. The van der Waals surface area contributed by atoms with Gasteiger partial charge in [0.25, 0.3) is 0 Å². The predicted octanol–water partition coefficient (Wildman–Crippen LogP) is -0.481. The molecule has 0 aliphatic rings. The van der Waals surface area contributed by atoms with Gasteiger partial charge in [0.2, 0.25) is 0 Å². The molecule has 3 nitrogen and oxygen atoms in total. The molecule has 0 radical (unpaired) electrons. The van der Waals surface area contributed by atoms with Gasteiger partial charge in [0.15, 0.2) is 5.82 Å². The Bertz CT molecular complexity index is 79.6. The van der Waals surface area contributed by atoms with Gasteiger partial charge in [0.05, 0.1) is 0 Å². The van der Waals surface area contributed by atoms with E-state index in [9.17, 15) is 9.46 Å². The van der Waals surface area contributed by atoms with Crippen LogP contribution >= 0.6 is 8.03 Å². The molecular weight excluding hydrogens is 101 g/mol. The van der Waals surface area contributed by atoms with Crippen molar-refractivity contribution in [3.63, 3.8) is 0 Å². The molecule has 6 heavy (non-hydrogen) atoms. The molecule has 0 aromatic heterocycles. The zero-order chi connectivity index (χ0) is 4.99. The van der Waals surface area contributed by atoms with Gasteiger partial charge in [-0.15, -0.1) is 0 Å². The Kier molecular flexibility index (Phi) is 2.63. The monoisotopic (exact) mass is 105 g/mol. The third-order valence-corrected chi connectivity index (χ3v) is 0.623. The minimum absolute atomic E-state index is 0.898. The van der Waals surface area contributed by atoms with E-state index in [0.29, 0.717) is 0 Å². The molecule has 0 bridgehead atoms. The third kappa shape index (κ3) is 3.60. The standard InChI is InChI=1S/C2H4NO2P/c3-1-2-6(4)5/h1-2H,3H2. The Morgan fingerprint density at radius 2 is 2.33 bits per heavy atom. The Hall–Kier alpha value is -0.400. The third-order valence-electron chi connectivity index (χ3n) is 0.208. The first-order valence-electron chi connectivity index (χ1n) is 1.29. The Morgan fingerprint density at radius 1 is 1.83 bits per heavy atom. The van der Waals surface area contributed by atoms with Gasteiger partial charge in [0.1, 0.15) is 0 Å². The number of hydrogen-bond donors (Lipinski definition) is 1. The first kappa shape index (κ1) is 5.60. The number of rotatable bonds is 1. The average Bonchev–Trinajstić information content (AvgIpc) is 1.35. The van der Waals surface area contributed by atoms with Gasteiger partial charge in [0, 0.05) is 6.20 Å². The Labute approximate surface area is 36.3 Å². The second kappa shape index (κ2) is 2.82. The van der Waals surface area contributed by atoms with Gasteiger partial charge < -0.3 is 10.6 Å². The molecule has 0 heterocycles. The van der Waals surface area contributed by atoms with Crippen LogP contribution in [0.4, 0.5) is 0 Å². The van der Waals surface area contributed by atoms with Crippen molar-refractivity contribution in [1.82, 2.24) is 0 Å². The van der Waals surface area contributed by atoms with Crippen LogP contribution in [0.3, 0.4) is 0 Å². The van der Waals surface area contributed by atoms with E-state index in [4.69, 9.17) is 0 Å². The fraction of sp³-hybridized carbons (Fsp3) is 0. The zero-order valence-corrected chi connectivity index (χ0v) is 3.89. The summed E-state index contributed by atoms with van der Waals surface area (Å²) < 4.78 is 9.47. The van der Waals surface area contributed by atoms with Crippen LogP contribution in [0.2, 0.25) is 0 Å². The first-order valence-corrected chi connectivity index (χ1v) is 2.54. The SMILES string of the molecule is NC=C[P+](=O)[O-]. The van der Waals surface area contributed by atoms with Crippen LogP contribution < -0.4 is 10.6 Å². The fourth-order valence-corrected chi connectivity index (χ4v) is 0.211. The average molecular weight is 105 g/mol. The second-order valence-corrected chi connectivity index (χ2v) is 1.50. The van der Waals surface area contributed by atoms with E-state index < -0.39 is 8.03 Å². The van der Waals surface area contributed by atoms with E-state index >= 15 is 0 Å². The van der Waals surface area contributed by atoms with E-state index in [0.717, 1.165) is 12.0 Å². The summed E-state index contributed by atoms with van der Waals surface area (Å²) >= 11 is 0. The van der Waals surface area contributed by atoms with Crippen LogP contribution in [0.5, 0.6) is 0 Å². The lowest BCUT2D eigenvalue weighted by atomic mass is 11.1. The highest BCUT2D eigenvalue weighted by Gasteiger charge is 1.81. The van der Waals surface area contributed by atoms with E-state index in [1.54, 1.807) is 0 Å². The lowest BCUT2D eigenvalue weighted by molar-refractivity contribution is -0.161. The molecule has 0 aromatic rings. The van der Waals surface area contributed by atoms with E-state index in [2.05, 4.69) is 5.73 Å². The van der Waals surface area contributed by atoms with Gasteiger partial charge in [-0.1, -0.05) is 4.57 Å².